The zero-order valence-corrected chi connectivity index (χ0v) is 13.5. The Labute approximate surface area is 132 Å². The van der Waals surface area contributed by atoms with Gasteiger partial charge in [0.15, 0.2) is 0 Å². The minimum absolute atomic E-state index is 0.324. The van der Waals surface area contributed by atoms with Gasteiger partial charge in [-0.1, -0.05) is 30.3 Å². The Bertz CT molecular complexity index is 639. The van der Waals surface area contributed by atoms with Crippen LogP contribution in [-0.2, 0) is 6.42 Å². The predicted molar refractivity (Wildman–Crippen MR) is 89.0 cm³/mol. The molecule has 0 saturated heterocycles. The largest absolute Gasteiger partial charge is 0.497 e. The molecule has 1 atom stereocenters. The third-order valence-electron chi connectivity index (χ3n) is 4.46. The third kappa shape index (κ3) is 2.81. The number of hydrogen-bond donors (Lipinski definition) is 0. The Morgan fingerprint density at radius 1 is 1.05 bits per heavy atom. The van der Waals surface area contributed by atoms with Gasteiger partial charge >= 0.3 is 0 Å². The van der Waals surface area contributed by atoms with Crippen LogP contribution in [0.4, 0.5) is 0 Å². The van der Waals surface area contributed by atoms with Crippen molar-refractivity contribution < 1.29 is 9.47 Å². The Kier molecular flexibility index (Phi) is 4.34. The molecule has 0 N–H and O–H groups in total. The van der Waals surface area contributed by atoms with Crippen molar-refractivity contribution in [2.24, 2.45) is 0 Å². The van der Waals surface area contributed by atoms with E-state index in [0.29, 0.717) is 5.92 Å². The van der Waals surface area contributed by atoms with Crippen LogP contribution >= 0.6 is 0 Å². The molecule has 116 valence electrons. The Hall–Kier alpha value is -2.00. The summed E-state index contributed by atoms with van der Waals surface area (Å²) < 4.78 is 11.1. The molecule has 0 fully saturated rings. The summed E-state index contributed by atoms with van der Waals surface area (Å²) in [4.78, 5) is 2.39. The molecule has 0 aliphatic carbocycles. The van der Waals surface area contributed by atoms with Gasteiger partial charge in [-0.2, -0.15) is 0 Å². The van der Waals surface area contributed by atoms with Gasteiger partial charge in [0.25, 0.3) is 0 Å². The number of hydrogen-bond acceptors (Lipinski definition) is 3. The van der Waals surface area contributed by atoms with E-state index in [1.54, 1.807) is 14.2 Å². The molecule has 0 bridgehead atoms. The molecule has 1 aliphatic heterocycles. The van der Waals surface area contributed by atoms with E-state index in [-0.39, 0.29) is 0 Å². The van der Waals surface area contributed by atoms with Crippen LogP contribution in [0.3, 0.4) is 0 Å². The van der Waals surface area contributed by atoms with Crippen molar-refractivity contribution in [3.8, 4) is 11.5 Å². The molecule has 0 amide bonds. The summed E-state index contributed by atoms with van der Waals surface area (Å²) in [5, 5.41) is 0. The lowest BCUT2D eigenvalue weighted by Crippen LogP contribution is -2.24. The minimum atomic E-state index is 0.324. The van der Waals surface area contributed by atoms with Crippen LogP contribution in [0.25, 0.3) is 0 Å². The number of fused-ring (bicyclic) bond motifs is 1. The molecule has 22 heavy (non-hydrogen) atoms. The number of benzene rings is 2. The monoisotopic (exact) mass is 297 g/mol. The molecular weight excluding hydrogens is 274 g/mol. The molecule has 0 saturated carbocycles. The molecule has 1 heterocycles. The van der Waals surface area contributed by atoms with Crippen molar-refractivity contribution in [3.05, 3.63) is 59.2 Å². The maximum absolute atomic E-state index is 5.70. The smallest absolute Gasteiger partial charge is 0.126 e. The van der Waals surface area contributed by atoms with E-state index >= 15 is 0 Å². The third-order valence-corrected chi connectivity index (χ3v) is 4.46. The van der Waals surface area contributed by atoms with Crippen molar-refractivity contribution >= 4 is 0 Å². The summed E-state index contributed by atoms with van der Waals surface area (Å²) in [6.07, 6.45) is 1.02. The van der Waals surface area contributed by atoms with Crippen LogP contribution in [0, 0.1) is 0 Å². The first-order valence-corrected chi connectivity index (χ1v) is 7.71. The quantitative estimate of drug-likeness (QED) is 0.867. The van der Waals surface area contributed by atoms with Crippen molar-refractivity contribution in [2.75, 3.05) is 34.4 Å². The van der Waals surface area contributed by atoms with Gasteiger partial charge in [0, 0.05) is 30.6 Å². The normalized spacial score (nSPS) is 18.4. The number of rotatable bonds is 3. The summed E-state index contributed by atoms with van der Waals surface area (Å²) >= 11 is 0. The minimum Gasteiger partial charge on any atom is -0.497 e. The number of nitrogens with zero attached hydrogens (tertiary/aromatic N) is 1. The summed E-state index contributed by atoms with van der Waals surface area (Å²) in [5.41, 5.74) is 3.97. The van der Waals surface area contributed by atoms with Gasteiger partial charge in [-0.15, -0.1) is 0 Å². The molecule has 3 nitrogen and oxygen atoms in total. The fourth-order valence-corrected chi connectivity index (χ4v) is 3.31. The predicted octanol–water partition coefficient (Wildman–Crippen LogP) is 3.32. The summed E-state index contributed by atoms with van der Waals surface area (Å²) in [5.74, 6) is 2.12. The van der Waals surface area contributed by atoms with Crippen LogP contribution < -0.4 is 9.47 Å². The number of methoxy groups -OCH3 is 2. The van der Waals surface area contributed by atoms with E-state index in [0.717, 1.165) is 31.0 Å². The highest BCUT2D eigenvalue weighted by atomic mass is 16.5. The molecule has 3 rings (SSSR count). The van der Waals surface area contributed by atoms with Crippen LogP contribution in [0.5, 0.6) is 11.5 Å². The zero-order valence-electron chi connectivity index (χ0n) is 13.5. The maximum Gasteiger partial charge on any atom is 0.126 e. The second-order valence-electron chi connectivity index (χ2n) is 5.88. The van der Waals surface area contributed by atoms with Crippen molar-refractivity contribution in [3.63, 3.8) is 0 Å². The zero-order chi connectivity index (χ0) is 15.5. The molecule has 1 aliphatic rings. The first kappa shape index (κ1) is 14.9. The SMILES string of the molecule is COc1cc2c(c(OC)c1)C(c1ccccc1)CN(C)CC2. The topological polar surface area (TPSA) is 21.7 Å². The summed E-state index contributed by atoms with van der Waals surface area (Å²) in [7, 11) is 5.63. The fraction of sp³-hybridized carbons (Fsp3) is 0.368. The summed E-state index contributed by atoms with van der Waals surface area (Å²) in [6.45, 7) is 2.05. The van der Waals surface area contributed by atoms with Crippen LogP contribution in [-0.4, -0.2) is 39.3 Å². The highest BCUT2D eigenvalue weighted by Gasteiger charge is 2.27. The Morgan fingerprint density at radius 2 is 1.82 bits per heavy atom. The second kappa shape index (κ2) is 6.41. The van der Waals surface area contributed by atoms with Crippen molar-refractivity contribution in [1.29, 1.82) is 0 Å². The lowest BCUT2D eigenvalue weighted by Gasteiger charge is -2.24. The highest BCUT2D eigenvalue weighted by Crippen LogP contribution is 2.39. The number of likely N-dealkylation sites (N-methyl/N-ethyl adjacent to an activating group) is 1. The fourth-order valence-electron chi connectivity index (χ4n) is 3.31. The number of ether oxygens (including phenoxy) is 2. The molecule has 0 spiro atoms. The first-order chi connectivity index (χ1) is 10.7. The summed E-state index contributed by atoms with van der Waals surface area (Å²) in [6, 6.07) is 14.9. The molecule has 2 aromatic carbocycles. The first-order valence-electron chi connectivity index (χ1n) is 7.71. The van der Waals surface area contributed by atoms with Crippen LogP contribution in [0.2, 0.25) is 0 Å². The maximum atomic E-state index is 5.70. The average molecular weight is 297 g/mol. The van der Waals surface area contributed by atoms with E-state index in [9.17, 15) is 0 Å². The van der Waals surface area contributed by atoms with Crippen LogP contribution in [0.15, 0.2) is 42.5 Å². The van der Waals surface area contributed by atoms with Gasteiger partial charge in [-0.25, -0.2) is 0 Å². The molecule has 0 radical (unpaired) electrons. The second-order valence-corrected chi connectivity index (χ2v) is 5.88. The molecule has 3 heteroatoms. The van der Waals surface area contributed by atoms with E-state index in [1.807, 2.05) is 6.07 Å². The van der Waals surface area contributed by atoms with Gasteiger partial charge in [-0.05, 0) is 30.7 Å². The van der Waals surface area contributed by atoms with E-state index in [1.165, 1.54) is 16.7 Å². The van der Waals surface area contributed by atoms with Gasteiger partial charge in [0.1, 0.15) is 11.5 Å². The van der Waals surface area contributed by atoms with E-state index < -0.39 is 0 Å². The molecule has 0 aromatic heterocycles. The van der Waals surface area contributed by atoms with Gasteiger partial charge in [-0.3, -0.25) is 0 Å². The average Bonchev–Trinajstić information content (AvgIpc) is 2.74. The molecular formula is C19H23NO2. The molecule has 2 aromatic rings. The van der Waals surface area contributed by atoms with Gasteiger partial charge < -0.3 is 14.4 Å². The van der Waals surface area contributed by atoms with Gasteiger partial charge in [0.05, 0.1) is 14.2 Å². The Balaban J connectivity index is 2.16. The highest BCUT2D eigenvalue weighted by molar-refractivity contribution is 5.52. The van der Waals surface area contributed by atoms with E-state index in [2.05, 4.69) is 48.3 Å². The standard InChI is InChI=1S/C19H23NO2/c1-20-10-9-15-11-16(21-2)12-18(22-3)19(15)17(13-20)14-7-5-4-6-8-14/h4-8,11-12,17H,9-10,13H2,1-3H3. The molecule has 1 unspecified atom stereocenters. The lowest BCUT2D eigenvalue weighted by molar-refractivity contribution is 0.335. The van der Waals surface area contributed by atoms with Crippen molar-refractivity contribution in [1.82, 2.24) is 4.90 Å². The van der Waals surface area contributed by atoms with Crippen molar-refractivity contribution in [2.45, 2.75) is 12.3 Å². The lowest BCUT2D eigenvalue weighted by atomic mass is 9.87. The van der Waals surface area contributed by atoms with Crippen LogP contribution in [0.1, 0.15) is 22.6 Å². The Morgan fingerprint density at radius 3 is 2.50 bits per heavy atom. The van der Waals surface area contributed by atoms with E-state index in [4.69, 9.17) is 9.47 Å². The van der Waals surface area contributed by atoms with Gasteiger partial charge in [0.2, 0.25) is 0 Å².